The van der Waals surface area contributed by atoms with Gasteiger partial charge in [0.15, 0.2) is 0 Å². The zero-order chi connectivity index (χ0) is 10.0. The zero-order valence-electron chi connectivity index (χ0n) is 10.0. The SMILES string of the molecule is CC(C)CC1C(C)CC(C)CC1C. The molecule has 1 aliphatic carbocycles. The van der Waals surface area contributed by atoms with Gasteiger partial charge in [0.2, 0.25) is 0 Å². The monoisotopic (exact) mass is 182 g/mol. The van der Waals surface area contributed by atoms with E-state index >= 15 is 0 Å². The fraction of sp³-hybridized carbons (Fsp3) is 1.00. The van der Waals surface area contributed by atoms with Gasteiger partial charge in [-0.15, -0.1) is 0 Å². The van der Waals surface area contributed by atoms with Crippen molar-refractivity contribution in [2.45, 2.75) is 53.9 Å². The molecule has 0 aromatic heterocycles. The molecule has 1 rings (SSSR count). The summed E-state index contributed by atoms with van der Waals surface area (Å²) >= 11 is 0. The van der Waals surface area contributed by atoms with Crippen LogP contribution in [0.5, 0.6) is 0 Å². The van der Waals surface area contributed by atoms with Crippen molar-refractivity contribution < 1.29 is 0 Å². The third kappa shape index (κ3) is 3.00. The first-order valence-electron chi connectivity index (χ1n) is 6.00. The summed E-state index contributed by atoms with van der Waals surface area (Å²) in [5.74, 6) is 4.76. The first kappa shape index (κ1) is 11.1. The van der Waals surface area contributed by atoms with Gasteiger partial charge < -0.3 is 0 Å². The Balaban J connectivity index is 2.51. The molecule has 0 spiro atoms. The molecule has 0 radical (unpaired) electrons. The van der Waals surface area contributed by atoms with E-state index in [1.165, 1.54) is 19.3 Å². The normalized spacial score (nSPS) is 41.1. The molecule has 0 aromatic rings. The van der Waals surface area contributed by atoms with Crippen LogP contribution in [0.2, 0.25) is 0 Å². The Bertz CT molecular complexity index is 136. The Hall–Kier alpha value is 0. The molecule has 2 unspecified atom stereocenters. The van der Waals surface area contributed by atoms with E-state index < -0.39 is 0 Å². The maximum absolute atomic E-state index is 2.46. The Kier molecular flexibility index (Phi) is 3.82. The highest BCUT2D eigenvalue weighted by Gasteiger charge is 2.31. The molecule has 0 nitrogen and oxygen atoms in total. The van der Waals surface area contributed by atoms with Gasteiger partial charge in [0.05, 0.1) is 0 Å². The molecule has 0 aliphatic heterocycles. The lowest BCUT2D eigenvalue weighted by Gasteiger charge is -2.39. The van der Waals surface area contributed by atoms with E-state index in [0.29, 0.717) is 0 Å². The van der Waals surface area contributed by atoms with Crippen molar-refractivity contribution in [3.05, 3.63) is 0 Å². The molecule has 2 atom stereocenters. The molecule has 0 aromatic carbocycles. The predicted octanol–water partition coefficient (Wildman–Crippen LogP) is 4.35. The minimum absolute atomic E-state index is 0.878. The summed E-state index contributed by atoms with van der Waals surface area (Å²) < 4.78 is 0. The summed E-state index contributed by atoms with van der Waals surface area (Å²) in [6, 6.07) is 0. The molecule has 0 amide bonds. The maximum atomic E-state index is 2.46. The highest BCUT2D eigenvalue weighted by atomic mass is 14.4. The van der Waals surface area contributed by atoms with Crippen LogP contribution in [0.4, 0.5) is 0 Å². The molecule has 0 saturated heterocycles. The third-order valence-electron chi connectivity index (χ3n) is 3.75. The van der Waals surface area contributed by atoms with E-state index in [2.05, 4.69) is 34.6 Å². The average molecular weight is 182 g/mol. The maximum Gasteiger partial charge on any atom is -0.0360 e. The van der Waals surface area contributed by atoms with Crippen LogP contribution < -0.4 is 0 Å². The minimum atomic E-state index is 0.878. The van der Waals surface area contributed by atoms with Crippen LogP contribution >= 0.6 is 0 Å². The summed E-state index contributed by atoms with van der Waals surface area (Å²) in [6.45, 7) is 12.0. The lowest BCUT2D eigenvalue weighted by atomic mass is 9.67. The Morgan fingerprint density at radius 2 is 1.46 bits per heavy atom. The molecule has 13 heavy (non-hydrogen) atoms. The Labute approximate surface area is 84.1 Å². The van der Waals surface area contributed by atoms with Gasteiger partial charge in [-0.2, -0.15) is 0 Å². The first-order chi connectivity index (χ1) is 6.00. The third-order valence-corrected chi connectivity index (χ3v) is 3.75. The zero-order valence-corrected chi connectivity index (χ0v) is 10.0. The minimum Gasteiger partial charge on any atom is -0.0628 e. The summed E-state index contributed by atoms with van der Waals surface area (Å²) in [4.78, 5) is 0. The van der Waals surface area contributed by atoms with Crippen molar-refractivity contribution in [3.8, 4) is 0 Å². The van der Waals surface area contributed by atoms with Crippen molar-refractivity contribution >= 4 is 0 Å². The van der Waals surface area contributed by atoms with Crippen molar-refractivity contribution in [2.24, 2.45) is 29.6 Å². The van der Waals surface area contributed by atoms with Crippen LogP contribution in [0.3, 0.4) is 0 Å². The lowest BCUT2D eigenvalue weighted by molar-refractivity contribution is 0.115. The van der Waals surface area contributed by atoms with E-state index in [0.717, 1.165) is 29.6 Å². The second-order valence-electron chi connectivity index (χ2n) is 5.82. The Morgan fingerprint density at radius 3 is 1.85 bits per heavy atom. The molecule has 1 saturated carbocycles. The molecule has 0 bridgehead atoms. The van der Waals surface area contributed by atoms with Crippen LogP contribution in [-0.2, 0) is 0 Å². The van der Waals surface area contributed by atoms with Gasteiger partial charge in [-0.05, 0) is 48.9 Å². The van der Waals surface area contributed by atoms with Gasteiger partial charge in [-0.1, -0.05) is 34.6 Å². The van der Waals surface area contributed by atoms with Gasteiger partial charge in [-0.25, -0.2) is 0 Å². The predicted molar refractivity (Wildman–Crippen MR) is 59.7 cm³/mol. The van der Waals surface area contributed by atoms with Gasteiger partial charge >= 0.3 is 0 Å². The molecule has 78 valence electrons. The van der Waals surface area contributed by atoms with E-state index in [4.69, 9.17) is 0 Å². The second-order valence-corrected chi connectivity index (χ2v) is 5.82. The average Bonchev–Trinajstić information content (AvgIpc) is 1.96. The van der Waals surface area contributed by atoms with Crippen molar-refractivity contribution in [1.82, 2.24) is 0 Å². The number of hydrogen-bond acceptors (Lipinski definition) is 0. The van der Waals surface area contributed by atoms with Gasteiger partial charge in [-0.3, -0.25) is 0 Å². The van der Waals surface area contributed by atoms with Crippen molar-refractivity contribution in [1.29, 1.82) is 0 Å². The molecular weight excluding hydrogens is 156 g/mol. The summed E-state index contributed by atoms with van der Waals surface area (Å²) in [5, 5.41) is 0. The first-order valence-corrected chi connectivity index (χ1v) is 6.00. The highest BCUT2D eigenvalue weighted by Crippen LogP contribution is 2.40. The van der Waals surface area contributed by atoms with E-state index in [-0.39, 0.29) is 0 Å². The molecule has 1 aliphatic rings. The number of hydrogen-bond donors (Lipinski definition) is 0. The van der Waals surface area contributed by atoms with Crippen LogP contribution in [-0.4, -0.2) is 0 Å². The van der Waals surface area contributed by atoms with Crippen LogP contribution in [0.15, 0.2) is 0 Å². The van der Waals surface area contributed by atoms with Gasteiger partial charge in [0.25, 0.3) is 0 Å². The molecule has 0 N–H and O–H groups in total. The fourth-order valence-electron chi connectivity index (χ4n) is 3.28. The summed E-state index contributed by atoms with van der Waals surface area (Å²) in [6.07, 6.45) is 4.36. The molecule has 1 fully saturated rings. The molecular formula is C13H26. The molecule has 0 heterocycles. The summed E-state index contributed by atoms with van der Waals surface area (Å²) in [7, 11) is 0. The smallest absolute Gasteiger partial charge is 0.0360 e. The second kappa shape index (κ2) is 4.48. The van der Waals surface area contributed by atoms with Crippen molar-refractivity contribution in [2.75, 3.05) is 0 Å². The fourth-order valence-corrected chi connectivity index (χ4v) is 3.28. The van der Waals surface area contributed by atoms with Gasteiger partial charge in [0.1, 0.15) is 0 Å². The van der Waals surface area contributed by atoms with E-state index in [1.54, 1.807) is 0 Å². The standard InChI is InChI=1S/C13H26/c1-9(2)6-13-11(4)7-10(3)8-12(13)5/h9-13H,6-8H2,1-5H3. The quantitative estimate of drug-likeness (QED) is 0.595. The van der Waals surface area contributed by atoms with Crippen LogP contribution in [0, 0.1) is 29.6 Å². The lowest BCUT2D eigenvalue weighted by Crippen LogP contribution is -2.29. The van der Waals surface area contributed by atoms with E-state index in [1.807, 2.05) is 0 Å². The topological polar surface area (TPSA) is 0 Å². The highest BCUT2D eigenvalue weighted by molar-refractivity contribution is 4.81. The van der Waals surface area contributed by atoms with Gasteiger partial charge in [0, 0.05) is 0 Å². The summed E-state index contributed by atoms with van der Waals surface area (Å²) in [5.41, 5.74) is 0. The Morgan fingerprint density at radius 1 is 1.00 bits per heavy atom. The largest absolute Gasteiger partial charge is 0.0628 e. The number of rotatable bonds is 2. The van der Waals surface area contributed by atoms with Crippen molar-refractivity contribution in [3.63, 3.8) is 0 Å². The van der Waals surface area contributed by atoms with Crippen LogP contribution in [0.1, 0.15) is 53.9 Å². The molecule has 0 heteroatoms. The van der Waals surface area contributed by atoms with Crippen LogP contribution in [0.25, 0.3) is 0 Å². The van der Waals surface area contributed by atoms with E-state index in [9.17, 15) is 0 Å².